The second kappa shape index (κ2) is 6.82. The van der Waals surface area contributed by atoms with Crippen molar-refractivity contribution in [2.24, 2.45) is 0 Å². The van der Waals surface area contributed by atoms with Crippen molar-refractivity contribution in [3.8, 4) is 10.6 Å². The number of hydrogen-bond acceptors (Lipinski definition) is 5. The van der Waals surface area contributed by atoms with E-state index in [9.17, 15) is 0 Å². The topological polar surface area (TPSA) is 71.4 Å². The van der Waals surface area contributed by atoms with E-state index >= 15 is 0 Å². The third-order valence-corrected chi connectivity index (χ3v) is 5.09. The van der Waals surface area contributed by atoms with E-state index in [1.54, 1.807) is 11.3 Å². The van der Waals surface area contributed by atoms with Crippen molar-refractivity contribution in [1.29, 1.82) is 0 Å². The molecule has 0 fully saturated rings. The minimum atomic E-state index is 0. The number of fused-ring (bicyclic) bond motifs is 1. The van der Waals surface area contributed by atoms with E-state index in [2.05, 4.69) is 47.8 Å². The van der Waals surface area contributed by atoms with Gasteiger partial charge in [-0.3, -0.25) is 5.10 Å². The van der Waals surface area contributed by atoms with Crippen LogP contribution in [0.25, 0.3) is 10.6 Å². The molecule has 0 radical (unpaired) electrons. The summed E-state index contributed by atoms with van der Waals surface area (Å²) in [5, 5.41) is 21.4. The third-order valence-electron chi connectivity index (χ3n) is 4.20. The fourth-order valence-electron chi connectivity index (χ4n) is 2.96. The van der Waals surface area contributed by atoms with Crippen molar-refractivity contribution < 1.29 is 0 Å². The molecule has 3 aromatic heterocycles. The van der Waals surface area contributed by atoms with E-state index < -0.39 is 0 Å². The number of aryl methyl sites for hydroxylation is 2. The van der Waals surface area contributed by atoms with Gasteiger partial charge in [-0.1, -0.05) is 6.07 Å². The SMILES string of the molecule is Cc1nnc2n1CC(NCc1cn[nH]c1-c1cccs1)CC2.Cl. The molecule has 8 heteroatoms. The molecular weight excluding hydrogens is 332 g/mol. The molecule has 0 aromatic carbocycles. The Hall–Kier alpha value is -1.70. The van der Waals surface area contributed by atoms with Gasteiger partial charge in [-0.2, -0.15) is 5.10 Å². The van der Waals surface area contributed by atoms with Crippen molar-refractivity contribution >= 4 is 23.7 Å². The smallest absolute Gasteiger partial charge is 0.133 e. The lowest BCUT2D eigenvalue weighted by atomic mass is 10.1. The summed E-state index contributed by atoms with van der Waals surface area (Å²) in [4.78, 5) is 1.23. The second-order valence-corrected chi connectivity index (χ2v) is 6.59. The van der Waals surface area contributed by atoms with Crippen LogP contribution in [0.2, 0.25) is 0 Å². The van der Waals surface area contributed by atoms with Crippen molar-refractivity contribution in [2.45, 2.75) is 38.9 Å². The van der Waals surface area contributed by atoms with Crippen LogP contribution in [0.4, 0.5) is 0 Å². The molecule has 4 rings (SSSR count). The summed E-state index contributed by atoms with van der Waals surface area (Å²) in [5.74, 6) is 2.11. The van der Waals surface area contributed by atoms with Gasteiger partial charge in [-0.05, 0) is 24.8 Å². The largest absolute Gasteiger partial charge is 0.314 e. The maximum atomic E-state index is 4.22. The Labute approximate surface area is 144 Å². The average Bonchev–Trinajstić information content (AvgIpc) is 3.26. The summed E-state index contributed by atoms with van der Waals surface area (Å²) in [6.07, 6.45) is 4.01. The molecule has 1 atom stereocenters. The molecule has 1 unspecified atom stereocenters. The highest BCUT2D eigenvalue weighted by Gasteiger charge is 2.21. The Morgan fingerprint density at radius 1 is 1.43 bits per heavy atom. The normalized spacial score (nSPS) is 16.8. The molecule has 3 aromatic rings. The third kappa shape index (κ3) is 3.17. The molecule has 4 heterocycles. The molecule has 1 aliphatic rings. The Morgan fingerprint density at radius 2 is 2.35 bits per heavy atom. The lowest BCUT2D eigenvalue weighted by Crippen LogP contribution is -2.37. The van der Waals surface area contributed by atoms with Gasteiger partial charge in [0.1, 0.15) is 11.6 Å². The first-order valence-corrected chi connectivity index (χ1v) is 8.37. The van der Waals surface area contributed by atoms with Crippen LogP contribution in [0.15, 0.2) is 23.7 Å². The highest BCUT2D eigenvalue weighted by Crippen LogP contribution is 2.26. The molecule has 0 aliphatic carbocycles. The van der Waals surface area contributed by atoms with E-state index in [0.717, 1.165) is 43.3 Å². The van der Waals surface area contributed by atoms with E-state index in [1.165, 1.54) is 10.4 Å². The van der Waals surface area contributed by atoms with Crippen LogP contribution in [0.1, 0.15) is 23.6 Å². The van der Waals surface area contributed by atoms with Crippen LogP contribution >= 0.6 is 23.7 Å². The van der Waals surface area contributed by atoms with Gasteiger partial charge in [0.2, 0.25) is 0 Å². The number of rotatable bonds is 4. The van der Waals surface area contributed by atoms with Gasteiger partial charge in [0.15, 0.2) is 0 Å². The second-order valence-electron chi connectivity index (χ2n) is 5.64. The monoisotopic (exact) mass is 350 g/mol. The summed E-state index contributed by atoms with van der Waals surface area (Å²) in [6.45, 7) is 3.79. The highest BCUT2D eigenvalue weighted by atomic mass is 35.5. The van der Waals surface area contributed by atoms with E-state index in [-0.39, 0.29) is 12.4 Å². The van der Waals surface area contributed by atoms with E-state index in [1.807, 2.05) is 13.1 Å². The van der Waals surface area contributed by atoms with Gasteiger partial charge in [-0.15, -0.1) is 33.9 Å². The Balaban J connectivity index is 0.00000156. The van der Waals surface area contributed by atoms with Gasteiger partial charge in [0.25, 0.3) is 0 Å². The van der Waals surface area contributed by atoms with Crippen LogP contribution in [-0.4, -0.2) is 31.0 Å². The number of halogens is 1. The Morgan fingerprint density at radius 3 is 3.17 bits per heavy atom. The molecule has 6 nitrogen and oxygen atoms in total. The molecule has 0 amide bonds. The first kappa shape index (κ1) is 16.2. The van der Waals surface area contributed by atoms with Crippen LogP contribution in [0.3, 0.4) is 0 Å². The fourth-order valence-corrected chi connectivity index (χ4v) is 3.72. The maximum Gasteiger partial charge on any atom is 0.133 e. The zero-order chi connectivity index (χ0) is 14.9. The lowest BCUT2D eigenvalue weighted by molar-refractivity contribution is 0.375. The van der Waals surface area contributed by atoms with Crippen LogP contribution in [0, 0.1) is 6.92 Å². The summed E-state index contributed by atoms with van der Waals surface area (Å²) < 4.78 is 2.22. The number of aromatic nitrogens is 5. The van der Waals surface area contributed by atoms with Crippen LogP contribution < -0.4 is 5.32 Å². The van der Waals surface area contributed by atoms with Crippen LogP contribution in [-0.2, 0) is 19.5 Å². The molecule has 122 valence electrons. The number of hydrogen-bond donors (Lipinski definition) is 2. The van der Waals surface area contributed by atoms with Gasteiger partial charge in [0, 0.05) is 31.1 Å². The lowest BCUT2D eigenvalue weighted by Gasteiger charge is -2.25. The molecule has 23 heavy (non-hydrogen) atoms. The molecule has 0 spiro atoms. The quantitative estimate of drug-likeness (QED) is 0.758. The van der Waals surface area contributed by atoms with Crippen molar-refractivity contribution in [3.63, 3.8) is 0 Å². The molecule has 0 bridgehead atoms. The van der Waals surface area contributed by atoms with Gasteiger partial charge in [0.05, 0.1) is 16.8 Å². The van der Waals surface area contributed by atoms with Gasteiger partial charge in [-0.25, -0.2) is 0 Å². The predicted molar refractivity (Wildman–Crippen MR) is 92.9 cm³/mol. The number of thiophene rings is 1. The summed E-state index contributed by atoms with van der Waals surface area (Å²) in [7, 11) is 0. The number of nitrogens with one attached hydrogen (secondary N) is 2. The number of H-pyrrole nitrogens is 1. The number of nitrogens with zero attached hydrogens (tertiary/aromatic N) is 4. The summed E-state index contributed by atoms with van der Waals surface area (Å²) >= 11 is 1.73. The van der Waals surface area contributed by atoms with E-state index in [0.29, 0.717) is 6.04 Å². The molecule has 0 saturated heterocycles. The maximum absolute atomic E-state index is 4.22. The van der Waals surface area contributed by atoms with E-state index in [4.69, 9.17) is 0 Å². The summed E-state index contributed by atoms with van der Waals surface area (Å²) in [6, 6.07) is 4.64. The van der Waals surface area contributed by atoms with Crippen LogP contribution in [0.5, 0.6) is 0 Å². The van der Waals surface area contributed by atoms with Crippen molar-refractivity contribution in [1.82, 2.24) is 30.3 Å². The zero-order valence-electron chi connectivity index (χ0n) is 12.8. The average molecular weight is 351 g/mol. The highest BCUT2D eigenvalue weighted by molar-refractivity contribution is 7.13. The first-order valence-electron chi connectivity index (χ1n) is 7.49. The van der Waals surface area contributed by atoms with Gasteiger partial charge < -0.3 is 9.88 Å². The first-order chi connectivity index (χ1) is 10.8. The minimum absolute atomic E-state index is 0. The predicted octanol–water partition coefficient (Wildman–Crippen LogP) is 2.56. The standard InChI is InChI=1S/C15H18N6S.ClH/c1-10-18-19-14-5-4-12(9-21(10)14)16-7-11-8-17-20-15(11)13-3-2-6-22-13;/h2-3,6,8,12,16H,4-5,7,9H2,1H3,(H,17,20);1H. The summed E-state index contributed by atoms with van der Waals surface area (Å²) in [5.41, 5.74) is 2.34. The molecule has 0 saturated carbocycles. The van der Waals surface area contributed by atoms with Crippen molar-refractivity contribution in [2.75, 3.05) is 0 Å². The molecule has 2 N–H and O–H groups in total. The fraction of sp³-hybridized carbons (Fsp3) is 0.400. The Kier molecular flexibility index (Phi) is 4.79. The van der Waals surface area contributed by atoms with Gasteiger partial charge >= 0.3 is 0 Å². The number of aromatic amines is 1. The molecular formula is C15H19ClN6S. The zero-order valence-corrected chi connectivity index (χ0v) is 14.5. The van der Waals surface area contributed by atoms with Crippen molar-refractivity contribution in [3.05, 3.63) is 40.9 Å². The Bertz CT molecular complexity index is 763. The molecule has 1 aliphatic heterocycles. The minimum Gasteiger partial charge on any atom is -0.314 e.